The number of aliphatic hydroxyl groups excluding tert-OH is 1. The Balaban J connectivity index is 1.70. The summed E-state index contributed by atoms with van der Waals surface area (Å²) in [5.41, 5.74) is 3.79. The number of halogens is 1. The number of alkyl halides is 1. The number of aromatic nitrogens is 4. The summed E-state index contributed by atoms with van der Waals surface area (Å²) in [6.07, 6.45) is -3.23. The molecule has 3 heterocycles. The highest BCUT2D eigenvalue weighted by Gasteiger charge is 2.56. The predicted molar refractivity (Wildman–Crippen MR) is 113 cm³/mol. The van der Waals surface area contributed by atoms with Crippen molar-refractivity contribution in [3.63, 3.8) is 0 Å². The molecule has 0 radical (unpaired) electrons. The number of hydrogen-bond donors (Lipinski definition) is 3. The minimum absolute atomic E-state index is 0.100. The number of imidazole rings is 1. The topological polar surface area (TPSA) is 173 Å². The van der Waals surface area contributed by atoms with Gasteiger partial charge in [0.15, 0.2) is 23.1 Å². The molecule has 1 fully saturated rings. The van der Waals surface area contributed by atoms with Crippen LogP contribution in [-0.2, 0) is 23.4 Å². The zero-order chi connectivity index (χ0) is 24.5. The zero-order valence-corrected chi connectivity index (χ0v) is 19.7. The van der Waals surface area contributed by atoms with Crippen LogP contribution in [0.25, 0.3) is 11.2 Å². The van der Waals surface area contributed by atoms with Crippen molar-refractivity contribution in [3.05, 3.63) is 6.33 Å². The van der Waals surface area contributed by atoms with Crippen LogP contribution in [0.3, 0.4) is 0 Å². The molecule has 1 aliphatic heterocycles. The van der Waals surface area contributed by atoms with Crippen LogP contribution in [0, 0.1) is 0 Å². The van der Waals surface area contributed by atoms with Crippen LogP contribution in [-0.4, -0.2) is 74.3 Å². The molecular formula is C18H27FN6O7P+. The lowest BCUT2D eigenvalue weighted by Crippen LogP contribution is -2.40. The first-order chi connectivity index (χ1) is 15.4. The van der Waals surface area contributed by atoms with Crippen LogP contribution < -0.4 is 15.6 Å². The SMILES string of the molecule is COc1nc(N)nc2c1ncn2C1OC(CO[P+](=O)NC(C)C(=O)OC(C)C)C(O)C1(C)F. The number of nitrogens with zero attached hydrogens (tertiary/aromatic N) is 4. The van der Waals surface area contributed by atoms with Gasteiger partial charge in [-0.1, -0.05) is 5.09 Å². The molecule has 4 N–H and O–H groups in total. The summed E-state index contributed by atoms with van der Waals surface area (Å²) >= 11 is 0. The molecule has 33 heavy (non-hydrogen) atoms. The molecule has 0 saturated carbocycles. The maximum atomic E-state index is 15.5. The lowest BCUT2D eigenvalue weighted by Gasteiger charge is -2.24. The molecular weight excluding hydrogens is 462 g/mol. The molecule has 6 unspecified atom stereocenters. The number of carbonyl (C=O) groups excluding carboxylic acids is 1. The number of nitrogens with two attached hydrogens (primary N) is 1. The Morgan fingerprint density at radius 3 is 2.79 bits per heavy atom. The lowest BCUT2D eigenvalue weighted by atomic mass is 9.98. The van der Waals surface area contributed by atoms with Crippen molar-refractivity contribution in [3.8, 4) is 5.88 Å². The number of carbonyl (C=O) groups is 1. The Labute approximate surface area is 189 Å². The number of ether oxygens (including phenoxy) is 3. The lowest BCUT2D eigenvalue weighted by molar-refractivity contribution is -0.149. The monoisotopic (exact) mass is 489 g/mol. The van der Waals surface area contributed by atoms with Gasteiger partial charge in [-0.2, -0.15) is 9.97 Å². The Bertz CT molecular complexity index is 1040. The van der Waals surface area contributed by atoms with Crippen LogP contribution >= 0.6 is 8.18 Å². The number of esters is 1. The molecule has 182 valence electrons. The molecule has 0 amide bonds. The van der Waals surface area contributed by atoms with Crippen molar-refractivity contribution >= 4 is 31.3 Å². The van der Waals surface area contributed by atoms with E-state index in [2.05, 4.69) is 20.0 Å². The van der Waals surface area contributed by atoms with Gasteiger partial charge in [0.2, 0.25) is 11.8 Å². The molecule has 6 atom stereocenters. The van der Waals surface area contributed by atoms with Gasteiger partial charge < -0.3 is 25.1 Å². The molecule has 0 spiro atoms. The third-order valence-electron chi connectivity index (χ3n) is 4.93. The smallest absolute Gasteiger partial charge is 0.479 e. The van der Waals surface area contributed by atoms with Crippen LogP contribution in [0.15, 0.2) is 6.33 Å². The predicted octanol–water partition coefficient (Wildman–Crippen LogP) is 1.01. The number of nitrogens with one attached hydrogen (secondary N) is 1. The summed E-state index contributed by atoms with van der Waals surface area (Å²) < 4.78 is 50.0. The molecule has 1 aliphatic rings. The number of nitrogen functional groups attached to an aromatic ring is 1. The molecule has 15 heteroatoms. The normalized spacial score (nSPS) is 26.5. The number of rotatable bonds is 9. The fourth-order valence-electron chi connectivity index (χ4n) is 3.29. The van der Waals surface area contributed by atoms with Crippen LogP contribution in [0.1, 0.15) is 33.9 Å². The van der Waals surface area contributed by atoms with E-state index in [1.807, 2.05) is 0 Å². The number of anilines is 1. The van der Waals surface area contributed by atoms with Crippen LogP contribution in [0.5, 0.6) is 5.88 Å². The summed E-state index contributed by atoms with van der Waals surface area (Å²) in [7, 11) is -1.15. The van der Waals surface area contributed by atoms with E-state index in [-0.39, 0.29) is 29.1 Å². The number of fused-ring (bicyclic) bond motifs is 1. The summed E-state index contributed by atoms with van der Waals surface area (Å²) in [4.78, 5) is 23.9. The third kappa shape index (κ3) is 5.20. The molecule has 2 aromatic rings. The highest BCUT2D eigenvalue weighted by atomic mass is 31.1. The quantitative estimate of drug-likeness (QED) is 0.337. The Morgan fingerprint density at radius 1 is 1.45 bits per heavy atom. The van der Waals surface area contributed by atoms with Crippen molar-refractivity contribution in [2.75, 3.05) is 19.5 Å². The molecule has 0 aliphatic carbocycles. The third-order valence-corrected chi connectivity index (χ3v) is 5.91. The van der Waals surface area contributed by atoms with E-state index in [1.165, 1.54) is 24.9 Å². The second-order valence-corrected chi connectivity index (χ2v) is 8.96. The minimum atomic E-state index is -2.53. The molecule has 0 bridgehead atoms. The average Bonchev–Trinajstić information content (AvgIpc) is 3.24. The van der Waals surface area contributed by atoms with Gasteiger partial charge in [0.05, 0.1) is 19.5 Å². The van der Waals surface area contributed by atoms with Crippen LogP contribution in [0.4, 0.5) is 10.3 Å². The second-order valence-electron chi connectivity index (χ2n) is 7.93. The fraction of sp³-hybridized carbons (Fsp3) is 0.667. The summed E-state index contributed by atoms with van der Waals surface area (Å²) in [5, 5.41) is 13.0. The molecule has 1 saturated heterocycles. The maximum absolute atomic E-state index is 15.5. The average molecular weight is 489 g/mol. The van der Waals surface area contributed by atoms with Gasteiger partial charge in [-0.25, -0.2) is 9.37 Å². The van der Waals surface area contributed by atoms with Gasteiger partial charge in [0.25, 0.3) is 0 Å². The van der Waals surface area contributed by atoms with E-state index < -0.39 is 50.9 Å². The van der Waals surface area contributed by atoms with E-state index in [9.17, 15) is 14.5 Å². The zero-order valence-electron chi connectivity index (χ0n) is 18.8. The van der Waals surface area contributed by atoms with E-state index >= 15 is 4.39 Å². The largest absolute Gasteiger partial charge is 0.613 e. The van der Waals surface area contributed by atoms with E-state index in [0.717, 1.165) is 6.92 Å². The maximum Gasteiger partial charge on any atom is 0.613 e. The number of methoxy groups -OCH3 is 1. The molecule has 3 rings (SSSR count). The minimum Gasteiger partial charge on any atom is -0.479 e. The fourth-order valence-corrected chi connectivity index (χ4v) is 4.07. The van der Waals surface area contributed by atoms with Gasteiger partial charge >= 0.3 is 14.1 Å². The first kappa shape index (κ1) is 25.1. The standard InChI is InChI=1S/C18H27FN6O7P/c1-8(2)31-15(27)9(3)24-33(28)30-6-10-12(26)18(4,19)16(32-10)25-7-21-11-13(25)22-17(20)23-14(11)29-5/h7-10,12,16,26H,6H2,1-5H3,(H,24,28)(H2,20,22,23)/q+1. The van der Waals surface area contributed by atoms with Gasteiger partial charge in [-0.05, 0) is 32.3 Å². The van der Waals surface area contributed by atoms with Crippen molar-refractivity contribution in [2.24, 2.45) is 0 Å². The van der Waals surface area contributed by atoms with E-state index in [0.29, 0.717) is 0 Å². The van der Waals surface area contributed by atoms with Crippen molar-refractivity contribution in [1.82, 2.24) is 24.6 Å². The van der Waals surface area contributed by atoms with E-state index in [4.69, 9.17) is 24.5 Å². The van der Waals surface area contributed by atoms with Gasteiger partial charge in [-0.3, -0.25) is 9.36 Å². The highest BCUT2D eigenvalue weighted by molar-refractivity contribution is 7.36. The Kier molecular flexibility index (Phi) is 7.44. The number of hydrogen-bond acceptors (Lipinski definition) is 11. The first-order valence-electron chi connectivity index (χ1n) is 10.1. The Morgan fingerprint density at radius 2 is 2.15 bits per heavy atom. The van der Waals surface area contributed by atoms with Crippen molar-refractivity contribution in [1.29, 1.82) is 0 Å². The first-order valence-corrected chi connectivity index (χ1v) is 11.3. The molecule has 2 aromatic heterocycles. The Hall–Kier alpha value is -2.51. The second kappa shape index (κ2) is 9.77. The summed E-state index contributed by atoms with van der Waals surface area (Å²) in [6, 6.07) is -0.901. The van der Waals surface area contributed by atoms with Gasteiger partial charge in [0.1, 0.15) is 24.9 Å². The van der Waals surface area contributed by atoms with E-state index in [1.54, 1.807) is 13.8 Å². The van der Waals surface area contributed by atoms with Gasteiger partial charge in [0, 0.05) is 0 Å². The summed E-state index contributed by atoms with van der Waals surface area (Å²) in [5.74, 6) is -0.620. The van der Waals surface area contributed by atoms with Crippen LogP contribution in [0.2, 0.25) is 0 Å². The summed E-state index contributed by atoms with van der Waals surface area (Å²) in [6.45, 7) is 5.56. The molecule has 0 aromatic carbocycles. The van der Waals surface area contributed by atoms with Crippen molar-refractivity contribution in [2.45, 2.75) is 63.9 Å². The molecule has 13 nitrogen and oxygen atoms in total. The van der Waals surface area contributed by atoms with Crippen molar-refractivity contribution < 1.29 is 37.6 Å². The highest BCUT2D eigenvalue weighted by Crippen LogP contribution is 2.43. The van der Waals surface area contributed by atoms with Gasteiger partial charge in [-0.15, -0.1) is 4.52 Å². The number of aliphatic hydroxyl groups is 1.